The van der Waals surface area contributed by atoms with E-state index in [9.17, 15) is 8.78 Å². The lowest BCUT2D eigenvalue weighted by Crippen LogP contribution is -1.99. The largest absolute Gasteiger partial charge is 0.483 e. The number of ether oxygens (including phenoxy) is 1. The fourth-order valence-corrected chi connectivity index (χ4v) is 1.30. The molecule has 2 aromatic rings. The Kier molecular flexibility index (Phi) is 3.15. The van der Waals surface area contributed by atoms with Crippen molar-refractivity contribution in [2.24, 2.45) is 0 Å². The summed E-state index contributed by atoms with van der Waals surface area (Å²) >= 11 is 0. The van der Waals surface area contributed by atoms with Crippen molar-refractivity contribution in [3.05, 3.63) is 65.7 Å². The van der Waals surface area contributed by atoms with Crippen molar-refractivity contribution >= 4 is 0 Å². The van der Waals surface area contributed by atoms with Crippen LogP contribution in [-0.2, 0) is 6.61 Å². The highest BCUT2D eigenvalue weighted by atomic mass is 19.1. The summed E-state index contributed by atoms with van der Waals surface area (Å²) < 4.78 is 31.4. The molecule has 0 fully saturated rings. The molecule has 0 unspecified atom stereocenters. The zero-order valence-corrected chi connectivity index (χ0v) is 8.41. The minimum absolute atomic E-state index is 0.131. The number of hydrogen-bond donors (Lipinski definition) is 0. The van der Waals surface area contributed by atoms with Gasteiger partial charge in [-0.25, -0.2) is 8.78 Å². The van der Waals surface area contributed by atoms with Crippen molar-refractivity contribution in [1.82, 2.24) is 0 Å². The van der Waals surface area contributed by atoms with Gasteiger partial charge in [0.1, 0.15) is 6.61 Å². The smallest absolute Gasteiger partial charge is 0.191 e. The predicted octanol–water partition coefficient (Wildman–Crippen LogP) is 3.34. The van der Waals surface area contributed by atoms with E-state index in [0.29, 0.717) is 0 Å². The third kappa shape index (κ3) is 2.37. The van der Waals surface area contributed by atoms with E-state index in [4.69, 9.17) is 4.74 Å². The van der Waals surface area contributed by atoms with Gasteiger partial charge in [0.15, 0.2) is 17.4 Å². The van der Waals surface area contributed by atoms with Crippen molar-refractivity contribution in [2.75, 3.05) is 0 Å². The molecule has 0 N–H and O–H groups in total. The van der Waals surface area contributed by atoms with E-state index in [-0.39, 0.29) is 12.4 Å². The molecule has 2 aromatic carbocycles. The summed E-state index contributed by atoms with van der Waals surface area (Å²) in [4.78, 5) is 0. The molecule has 16 heavy (non-hydrogen) atoms. The van der Waals surface area contributed by atoms with Crippen LogP contribution >= 0.6 is 0 Å². The van der Waals surface area contributed by atoms with E-state index in [1.807, 2.05) is 30.3 Å². The molecule has 81 valence electrons. The predicted molar refractivity (Wildman–Crippen MR) is 56.0 cm³/mol. The van der Waals surface area contributed by atoms with Gasteiger partial charge in [-0.1, -0.05) is 30.3 Å². The Morgan fingerprint density at radius 2 is 1.81 bits per heavy atom. The summed E-state index contributed by atoms with van der Waals surface area (Å²) in [5.41, 5.74) is 0.852. The highest BCUT2D eigenvalue weighted by Gasteiger charge is 2.09. The van der Waals surface area contributed by atoms with Gasteiger partial charge < -0.3 is 4.74 Å². The topological polar surface area (TPSA) is 9.23 Å². The zero-order valence-electron chi connectivity index (χ0n) is 8.41. The van der Waals surface area contributed by atoms with Gasteiger partial charge in [0.2, 0.25) is 0 Å². The van der Waals surface area contributed by atoms with E-state index in [0.717, 1.165) is 11.6 Å². The van der Waals surface area contributed by atoms with Crippen LogP contribution < -0.4 is 4.74 Å². The van der Waals surface area contributed by atoms with Gasteiger partial charge in [-0.15, -0.1) is 0 Å². The van der Waals surface area contributed by atoms with Gasteiger partial charge >= 0.3 is 0 Å². The average molecular weight is 219 g/mol. The summed E-state index contributed by atoms with van der Waals surface area (Å²) in [7, 11) is 0. The maximum absolute atomic E-state index is 13.2. The van der Waals surface area contributed by atoms with Gasteiger partial charge in [-0.3, -0.25) is 0 Å². The SMILES string of the molecule is Fc1[c]ccc(F)c1OCc1ccccc1. The molecular weight excluding hydrogens is 210 g/mol. The molecule has 0 heterocycles. The average Bonchev–Trinajstić information content (AvgIpc) is 2.30. The van der Waals surface area contributed by atoms with E-state index >= 15 is 0 Å². The Bertz CT molecular complexity index is 448. The molecular formula is C13H9F2O. The molecule has 0 aliphatic heterocycles. The second-order valence-corrected chi connectivity index (χ2v) is 3.24. The van der Waals surface area contributed by atoms with Crippen LogP contribution in [0.15, 0.2) is 42.5 Å². The summed E-state index contributed by atoms with van der Waals surface area (Å²) in [5.74, 6) is -1.91. The lowest BCUT2D eigenvalue weighted by molar-refractivity contribution is 0.274. The van der Waals surface area contributed by atoms with E-state index in [1.54, 1.807) is 0 Å². The first-order chi connectivity index (χ1) is 7.77. The number of halogens is 2. The molecule has 0 saturated heterocycles. The quantitative estimate of drug-likeness (QED) is 0.769. The number of benzene rings is 2. The van der Waals surface area contributed by atoms with E-state index in [1.165, 1.54) is 6.07 Å². The van der Waals surface area contributed by atoms with Crippen LogP contribution in [0.25, 0.3) is 0 Å². The molecule has 0 aliphatic carbocycles. The molecule has 3 heteroatoms. The first-order valence-electron chi connectivity index (χ1n) is 4.80. The van der Waals surface area contributed by atoms with Gasteiger partial charge in [-0.05, 0) is 17.7 Å². The van der Waals surface area contributed by atoms with Crippen molar-refractivity contribution in [2.45, 2.75) is 6.61 Å². The highest BCUT2D eigenvalue weighted by molar-refractivity contribution is 5.26. The van der Waals surface area contributed by atoms with Crippen LogP contribution in [0.1, 0.15) is 5.56 Å². The van der Waals surface area contributed by atoms with E-state index < -0.39 is 11.6 Å². The second-order valence-electron chi connectivity index (χ2n) is 3.24. The summed E-state index contributed by atoms with van der Waals surface area (Å²) in [5, 5.41) is 0. The maximum atomic E-state index is 13.2. The molecule has 1 radical (unpaired) electrons. The molecule has 0 saturated carbocycles. The molecule has 1 nitrogen and oxygen atoms in total. The Balaban J connectivity index is 2.11. The van der Waals surface area contributed by atoms with E-state index in [2.05, 4.69) is 6.07 Å². The maximum Gasteiger partial charge on any atom is 0.191 e. The molecule has 2 rings (SSSR count). The zero-order chi connectivity index (χ0) is 11.4. The molecule has 0 aliphatic rings. The third-order valence-electron chi connectivity index (χ3n) is 2.08. The minimum atomic E-state index is -0.809. The lowest BCUT2D eigenvalue weighted by Gasteiger charge is -2.07. The Labute approximate surface area is 92.3 Å². The molecule has 0 spiro atoms. The van der Waals surface area contributed by atoms with Crippen LogP contribution in [0.4, 0.5) is 8.78 Å². The summed E-state index contributed by atoms with van der Waals surface area (Å²) in [6.07, 6.45) is 0. The van der Waals surface area contributed by atoms with Crippen LogP contribution in [0.2, 0.25) is 0 Å². The molecule has 0 atom stereocenters. The van der Waals surface area contributed by atoms with Crippen LogP contribution in [0.3, 0.4) is 0 Å². The monoisotopic (exact) mass is 219 g/mol. The normalized spacial score (nSPS) is 10.1. The molecule has 0 aromatic heterocycles. The fourth-order valence-electron chi connectivity index (χ4n) is 1.30. The first-order valence-corrected chi connectivity index (χ1v) is 4.80. The number of hydrogen-bond acceptors (Lipinski definition) is 1. The Morgan fingerprint density at radius 1 is 1.06 bits per heavy atom. The molecule has 0 bridgehead atoms. The van der Waals surface area contributed by atoms with Gasteiger partial charge in [0.05, 0.1) is 0 Å². The molecule has 0 amide bonds. The third-order valence-corrected chi connectivity index (χ3v) is 2.08. The second kappa shape index (κ2) is 4.75. The standard InChI is InChI=1S/C13H9F2O/c14-11-7-4-8-12(15)13(11)16-9-10-5-2-1-3-6-10/h1-7H,9H2. The first kappa shape index (κ1) is 10.6. The highest BCUT2D eigenvalue weighted by Crippen LogP contribution is 2.21. The number of rotatable bonds is 3. The van der Waals surface area contributed by atoms with Crippen LogP contribution in [0, 0.1) is 17.7 Å². The van der Waals surface area contributed by atoms with Crippen molar-refractivity contribution in [3.63, 3.8) is 0 Å². The van der Waals surface area contributed by atoms with Crippen LogP contribution in [0.5, 0.6) is 5.75 Å². The van der Waals surface area contributed by atoms with Gasteiger partial charge in [0, 0.05) is 6.07 Å². The fraction of sp³-hybridized carbons (Fsp3) is 0.0769. The summed E-state index contributed by atoms with van der Waals surface area (Å²) in [6, 6.07) is 13.7. The van der Waals surface area contributed by atoms with Gasteiger partial charge in [0.25, 0.3) is 0 Å². The lowest BCUT2D eigenvalue weighted by atomic mass is 10.2. The van der Waals surface area contributed by atoms with Gasteiger partial charge in [-0.2, -0.15) is 0 Å². The Hall–Kier alpha value is -1.90. The van der Waals surface area contributed by atoms with Crippen LogP contribution in [-0.4, -0.2) is 0 Å². The minimum Gasteiger partial charge on any atom is -0.483 e. The Morgan fingerprint density at radius 3 is 2.50 bits per heavy atom. The summed E-state index contributed by atoms with van der Waals surface area (Å²) in [6.45, 7) is 0.131. The van der Waals surface area contributed by atoms with Crippen molar-refractivity contribution in [3.8, 4) is 5.75 Å². The van der Waals surface area contributed by atoms with Crippen molar-refractivity contribution < 1.29 is 13.5 Å². The van der Waals surface area contributed by atoms with Crippen molar-refractivity contribution in [1.29, 1.82) is 0 Å².